The first-order chi connectivity index (χ1) is 14.7. The minimum absolute atomic E-state index is 0.135. The van der Waals surface area contributed by atoms with Crippen LogP contribution in [0, 0.1) is 0 Å². The van der Waals surface area contributed by atoms with Gasteiger partial charge in [0.1, 0.15) is 0 Å². The van der Waals surface area contributed by atoms with Gasteiger partial charge < -0.3 is 10.6 Å². The Morgan fingerprint density at radius 2 is 1.39 bits per heavy atom. The molecule has 1 aromatic heterocycles. The van der Waals surface area contributed by atoms with Crippen LogP contribution < -0.4 is 10.6 Å². The molecule has 0 radical (unpaired) electrons. The lowest BCUT2D eigenvalue weighted by atomic mass is 9.77. The van der Waals surface area contributed by atoms with Crippen molar-refractivity contribution in [2.75, 3.05) is 10.7 Å². The minimum Gasteiger partial charge on any atom is -0.330 e. The lowest BCUT2D eigenvalue weighted by molar-refractivity contribution is 0.215. The largest absolute Gasteiger partial charge is 0.330 e. The molecule has 2 N–H and O–H groups in total. The molecular weight excluding hydrogens is 426 g/mol. The van der Waals surface area contributed by atoms with Crippen LogP contribution in [0.5, 0.6) is 0 Å². The van der Waals surface area contributed by atoms with Gasteiger partial charge in [0.2, 0.25) is 11.2 Å². The van der Waals surface area contributed by atoms with E-state index < -0.39 is 0 Å². The number of anilines is 1. The molecular formula is C24H44ClN5S. The lowest BCUT2D eigenvalue weighted by Gasteiger charge is -2.54. The van der Waals surface area contributed by atoms with Crippen molar-refractivity contribution in [2.45, 2.75) is 134 Å². The predicted molar refractivity (Wildman–Crippen MR) is 135 cm³/mol. The van der Waals surface area contributed by atoms with E-state index in [1.165, 1.54) is 64.2 Å². The normalized spacial score (nSPS) is 18.5. The molecule has 1 fully saturated rings. The van der Waals surface area contributed by atoms with Crippen LogP contribution in [0.15, 0.2) is 5.16 Å². The van der Waals surface area contributed by atoms with E-state index in [0.29, 0.717) is 5.95 Å². The first kappa shape index (κ1) is 26.7. The summed E-state index contributed by atoms with van der Waals surface area (Å²) in [6.45, 7) is 11.1. The van der Waals surface area contributed by atoms with Crippen molar-refractivity contribution in [3.8, 4) is 0 Å². The quantitative estimate of drug-likeness (QED) is 0.247. The van der Waals surface area contributed by atoms with Crippen molar-refractivity contribution >= 4 is 29.3 Å². The van der Waals surface area contributed by atoms with Crippen LogP contribution in [0.25, 0.3) is 0 Å². The molecule has 1 saturated heterocycles. The topological polar surface area (TPSA) is 67.9 Å². The van der Waals surface area contributed by atoms with E-state index in [-0.39, 0.29) is 22.4 Å². The molecule has 0 unspecified atom stereocenters. The van der Waals surface area contributed by atoms with Crippen molar-refractivity contribution < 1.29 is 0 Å². The van der Waals surface area contributed by atoms with E-state index >= 15 is 0 Å². The Balaban J connectivity index is 1.81. The molecule has 2 rings (SSSR count). The van der Waals surface area contributed by atoms with E-state index in [9.17, 15) is 0 Å². The summed E-state index contributed by atoms with van der Waals surface area (Å²) in [6, 6.07) is 0.184. The SMILES string of the molecule is CCCCCCCCCCCCSc1nc(Cl)nc(N2C(C)(C)CC(N)CC2(C)C)n1. The van der Waals surface area contributed by atoms with Crippen LogP contribution in [0.2, 0.25) is 5.28 Å². The number of piperidine rings is 1. The molecule has 5 nitrogen and oxygen atoms in total. The minimum atomic E-state index is -0.135. The Bertz CT molecular complexity index is 649. The molecule has 178 valence electrons. The van der Waals surface area contributed by atoms with E-state index in [0.717, 1.165) is 23.8 Å². The van der Waals surface area contributed by atoms with E-state index in [1.807, 2.05) is 0 Å². The molecule has 0 atom stereocenters. The maximum Gasteiger partial charge on any atom is 0.231 e. The molecule has 2 heterocycles. The number of halogens is 1. The third kappa shape index (κ3) is 8.70. The zero-order valence-electron chi connectivity index (χ0n) is 20.4. The second-order valence-electron chi connectivity index (χ2n) is 10.3. The van der Waals surface area contributed by atoms with E-state index in [2.05, 4.69) is 49.5 Å². The summed E-state index contributed by atoms with van der Waals surface area (Å²) in [5.41, 5.74) is 6.06. The van der Waals surface area contributed by atoms with Gasteiger partial charge in [-0.3, -0.25) is 0 Å². The summed E-state index contributed by atoms with van der Waals surface area (Å²) in [4.78, 5) is 16.0. The first-order valence-corrected chi connectivity index (χ1v) is 13.6. The second kappa shape index (κ2) is 12.6. The second-order valence-corrected chi connectivity index (χ2v) is 11.7. The van der Waals surface area contributed by atoms with Crippen LogP contribution in [-0.2, 0) is 0 Å². The molecule has 1 aliphatic heterocycles. The maximum absolute atomic E-state index is 6.33. The van der Waals surface area contributed by atoms with E-state index in [4.69, 9.17) is 22.3 Å². The number of nitrogens with zero attached hydrogens (tertiary/aromatic N) is 4. The molecule has 1 aliphatic rings. The number of rotatable bonds is 13. The zero-order valence-corrected chi connectivity index (χ0v) is 22.0. The molecule has 0 aromatic carbocycles. The fourth-order valence-corrected chi connectivity index (χ4v) is 6.17. The van der Waals surface area contributed by atoms with Gasteiger partial charge in [-0.1, -0.05) is 76.5 Å². The average molecular weight is 470 g/mol. The highest BCUT2D eigenvalue weighted by atomic mass is 35.5. The summed E-state index contributed by atoms with van der Waals surface area (Å²) < 4.78 is 0. The van der Waals surface area contributed by atoms with Crippen LogP contribution in [0.4, 0.5) is 5.95 Å². The fourth-order valence-electron chi connectivity index (χ4n) is 5.14. The van der Waals surface area contributed by atoms with Gasteiger partial charge in [-0.05, 0) is 58.6 Å². The Hall–Kier alpha value is -0.590. The van der Waals surface area contributed by atoms with Crippen LogP contribution in [-0.4, -0.2) is 37.8 Å². The maximum atomic E-state index is 6.33. The van der Waals surface area contributed by atoms with Gasteiger partial charge in [0.15, 0.2) is 5.16 Å². The molecule has 0 aliphatic carbocycles. The highest BCUT2D eigenvalue weighted by Crippen LogP contribution is 2.40. The molecule has 0 spiro atoms. The van der Waals surface area contributed by atoms with Gasteiger partial charge in [-0.15, -0.1) is 0 Å². The first-order valence-electron chi connectivity index (χ1n) is 12.3. The highest BCUT2D eigenvalue weighted by Gasteiger charge is 2.46. The van der Waals surface area contributed by atoms with Crippen molar-refractivity contribution in [3.63, 3.8) is 0 Å². The smallest absolute Gasteiger partial charge is 0.231 e. The van der Waals surface area contributed by atoms with Gasteiger partial charge in [0, 0.05) is 22.9 Å². The lowest BCUT2D eigenvalue weighted by Crippen LogP contribution is -2.64. The summed E-state index contributed by atoms with van der Waals surface area (Å²) in [5.74, 6) is 1.70. The van der Waals surface area contributed by atoms with Gasteiger partial charge >= 0.3 is 0 Å². The standard InChI is InChI=1S/C24H44ClN5S/c1-6-7-8-9-10-11-12-13-14-15-16-31-22-28-20(25)27-21(29-22)30-23(2,3)17-19(26)18-24(30,4)5/h19H,6-18,26H2,1-5H3. The Labute approximate surface area is 199 Å². The summed E-state index contributed by atoms with van der Waals surface area (Å²) >= 11 is 7.99. The number of thioether (sulfide) groups is 1. The third-order valence-electron chi connectivity index (χ3n) is 6.24. The Kier molecular flexibility index (Phi) is 10.8. The number of unbranched alkanes of at least 4 members (excludes halogenated alkanes) is 9. The summed E-state index contributed by atoms with van der Waals surface area (Å²) in [5, 5.41) is 1.00. The highest BCUT2D eigenvalue weighted by molar-refractivity contribution is 7.99. The Morgan fingerprint density at radius 1 is 0.871 bits per heavy atom. The fraction of sp³-hybridized carbons (Fsp3) is 0.875. The number of hydrogen-bond acceptors (Lipinski definition) is 6. The molecule has 0 bridgehead atoms. The van der Waals surface area contributed by atoms with Gasteiger partial charge in [-0.2, -0.15) is 15.0 Å². The summed E-state index contributed by atoms with van der Waals surface area (Å²) in [7, 11) is 0. The van der Waals surface area contributed by atoms with Gasteiger partial charge in [-0.25, -0.2) is 0 Å². The van der Waals surface area contributed by atoms with E-state index in [1.54, 1.807) is 11.8 Å². The predicted octanol–water partition coefficient (Wildman–Crippen LogP) is 7.02. The Morgan fingerprint density at radius 3 is 1.94 bits per heavy atom. The van der Waals surface area contributed by atoms with Crippen molar-refractivity contribution in [1.82, 2.24) is 15.0 Å². The number of hydrogen-bond donors (Lipinski definition) is 1. The van der Waals surface area contributed by atoms with Crippen LogP contribution in [0.1, 0.15) is 112 Å². The molecule has 0 saturated carbocycles. The third-order valence-corrected chi connectivity index (χ3v) is 7.34. The zero-order chi connectivity index (χ0) is 22.9. The number of nitrogens with two attached hydrogens (primary N) is 1. The van der Waals surface area contributed by atoms with Crippen LogP contribution in [0.3, 0.4) is 0 Å². The van der Waals surface area contributed by atoms with Crippen molar-refractivity contribution in [2.24, 2.45) is 5.73 Å². The monoisotopic (exact) mass is 469 g/mol. The van der Waals surface area contributed by atoms with Crippen LogP contribution >= 0.6 is 23.4 Å². The van der Waals surface area contributed by atoms with Crippen molar-refractivity contribution in [3.05, 3.63) is 5.28 Å². The molecule has 31 heavy (non-hydrogen) atoms. The molecule has 7 heteroatoms. The molecule has 1 aromatic rings. The average Bonchev–Trinajstić information content (AvgIpc) is 2.63. The summed E-state index contributed by atoms with van der Waals surface area (Å²) in [6.07, 6.45) is 15.3. The molecule has 0 amide bonds. The van der Waals surface area contributed by atoms with Gasteiger partial charge in [0.25, 0.3) is 0 Å². The van der Waals surface area contributed by atoms with Crippen molar-refractivity contribution in [1.29, 1.82) is 0 Å². The van der Waals surface area contributed by atoms with Gasteiger partial charge in [0.05, 0.1) is 0 Å². The number of aromatic nitrogens is 3.